The highest BCUT2D eigenvalue weighted by atomic mass is 32.2. The van der Waals surface area contributed by atoms with Gasteiger partial charge in [0.1, 0.15) is 5.82 Å². The maximum absolute atomic E-state index is 12.6. The van der Waals surface area contributed by atoms with Crippen LogP contribution in [0.15, 0.2) is 29.2 Å². The van der Waals surface area contributed by atoms with E-state index in [0.717, 1.165) is 12.1 Å². The lowest BCUT2D eigenvalue weighted by molar-refractivity contribution is 0.485. The van der Waals surface area contributed by atoms with Crippen molar-refractivity contribution in [3.8, 4) is 0 Å². The third-order valence-electron chi connectivity index (χ3n) is 1.46. The average molecular weight is 248 g/mol. The predicted octanol–water partition coefficient (Wildman–Crippen LogP) is 2.37. The molecule has 1 rings (SSSR count). The maximum Gasteiger partial charge on any atom is 0.287 e. The van der Waals surface area contributed by atoms with Crippen LogP contribution in [0.3, 0.4) is 0 Å². The van der Waals surface area contributed by atoms with Gasteiger partial charge in [0.25, 0.3) is 10.1 Å². The van der Waals surface area contributed by atoms with E-state index in [9.17, 15) is 12.8 Å². The summed E-state index contributed by atoms with van der Waals surface area (Å²) >= 11 is 0. The molecule has 0 aliphatic rings. The second-order valence-corrected chi connectivity index (χ2v) is 10.4. The van der Waals surface area contributed by atoms with Gasteiger partial charge < -0.3 is 3.87 Å². The van der Waals surface area contributed by atoms with Crippen molar-refractivity contribution in [2.45, 2.75) is 24.5 Å². The Kier molecular flexibility index (Phi) is 3.32. The largest absolute Gasteiger partial charge is 0.312 e. The molecule has 1 aromatic rings. The molecule has 3 nitrogen and oxygen atoms in total. The zero-order chi connectivity index (χ0) is 11.7. The molecule has 0 bridgehead atoms. The highest BCUT2D eigenvalue weighted by Gasteiger charge is 2.25. The molecule has 0 aromatic heterocycles. The van der Waals surface area contributed by atoms with E-state index < -0.39 is 24.3 Å². The number of hydrogen-bond acceptors (Lipinski definition) is 3. The van der Waals surface area contributed by atoms with Crippen LogP contribution in [0.4, 0.5) is 4.39 Å². The van der Waals surface area contributed by atoms with Gasteiger partial charge in [-0.15, -0.1) is 0 Å². The quantitative estimate of drug-likeness (QED) is 0.771. The van der Waals surface area contributed by atoms with Crippen molar-refractivity contribution in [3.63, 3.8) is 0 Å². The Bertz CT molecular complexity index is 433. The lowest BCUT2D eigenvalue weighted by Gasteiger charge is -2.16. The molecule has 6 heteroatoms. The zero-order valence-corrected chi connectivity index (χ0v) is 10.6. The predicted molar refractivity (Wildman–Crippen MR) is 58.0 cm³/mol. The summed E-state index contributed by atoms with van der Waals surface area (Å²) in [5.41, 5.74) is 0. The molecule has 0 amide bonds. The van der Waals surface area contributed by atoms with Crippen LogP contribution in [0.5, 0.6) is 0 Å². The smallest absolute Gasteiger partial charge is 0.287 e. The summed E-state index contributed by atoms with van der Waals surface area (Å²) < 4.78 is 40.9. The molecule has 0 N–H and O–H groups in total. The molecular formula is C9H13FO3SSi. The minimum absolute atomic E-state index is 0.00803. The molecule has 0 atom stereocenters. The first kappa shape index (κ1) is 12.3. The molecule has 0 saturated heterocycles. The molecule has 0 saturated carbocycles. The van der Waals surface area contributed by atoms with Gasteiger partial charge in [-0.3, -0.25) is 0 Å². The van der Waals surface area contributed by atoms with E-state index in [2.05, 4.69) is 0 Å². The van der Waals surface area contributed by atoms with Gasteiger partial charge in [-0.25, -0.2) is 4.39 Å². The summed E-state index contributed by atoms with van der Waals surface area (Å²) in [5, 5.41) is 0. The summed E-state index contributed by atoms with van der Waals surface area (Å²) in [6.45, 7) is 5.32. The Morgan fingerprint density at radius 3 is 2.00 bits per heavy atom. The molecule has 0 aliphatic carbocycles. The van der Waals surface area contributed by atoms with Gasteiger partial charge in [-0.2, -0.15) is 8.42 Å². The van der Waals surface area contributed by atoms with Crippen LogP contribution < -0.4 is 0 Å². The Labute approximate surface area is 90.1 Å². The van der Waals surface area contributed by atoms with E-state index in [1.165, 1.54) is 12.1 Å². The number of hydrogen-bond donors (Lipinski definition) is 0. The first-order valence-corrected chi connectivity index (χ1v) is 9.24. The van der Waals surface area contributed by atoms with Gasteiger partial charge in [-0.05, 0) is 43.9 Å². The van der Waals surface area contributed by atoms with E-state index in [1.54, 1.807) is 19.6 Å². The maximum atomic E-state index is 12.6. The Morgan fingerprint density at radius 2 is 1.60 bits per heavy atom. The minimum atomic E-state index is -3.74. The van der Waals surface area contributed by atoms with Gasteiger partial charge in [0.15, 0.2) is 0 Å². The van der Waals surface area contributed by atoms with Gasteiger partial charge in [0, 0.05) is 0 Å². The highest BCUT2D eigenvalue weighted by molar-refractivity contribution is 7.87. The molecule has 1 aromatic carbocycles. The van der Waals surface area contributed by atoms with Gasteiger partial charge in [0.05, 0.1) is 4.90 Å². The fourth-order valence-corrected chi connectivity index (χ4v) is 4.47. The number of rotatable bonds is 3. The monoisotopic (exact) mass is 248 g/mol. The van der Waals surface area contributed by atoms with E-state index in [0.29, 0.717) is 0 Å². The topological polar surface area (TPSA) is 43.4 Å². The molecule has 15 heavy (non-hydrogen) atoms. The minimum Gasteiger partial charge on any atom is -0.312 e. The van der Waals surface area contributed by atoms with Crippen molar-refractivity contribution >= 4 is 18.4 Å². The third kappa shape index (κ3) is 3.73. The third-order valence-corrected chi connectivity index (χ3v) is 5.19. The van der Waals surface area contributed by atoms with Crippen molar-refractivity contribution in [1.82, 2.24) is 0 Å². The van der Waals surface area contributed by atoms with Crippen LogP contribution in [0.2, 0.25) is 19.6 Å². The van der Waals surface area contributed by atoms with Gasteiger partial charge in [-0.1, -0.05) is 0 Å². The van der Waals surface area contributed by atoms with Crippen molar-refractivity contribution in [2.24, 2.45) is 0 Å². The zero-order valence-electron chi connectivity index (χ0n) is 8.82. The molecular weight excluding hydrogens is 235 g/mol. The second-order valence-electron chi connectivity index (χ2n) is 4.10. The van der Waals surface area contributed by atoms with E-state index in [-0.39, 0.29) is 4.90 Å². The van der Waals surface area contributed by atoms with Crippen LogP contribution in [-0.2, 0) is 14.0 Å². The standard InChI is InChI=1S/C9H13FO3SSi/c1-15(2,3)13-14(11,12)9-6-4-8(10)5-7-9/h4-7H,1-3H3. The SMILES string of the molecule is C[Si](C)(C)OS(=O)(=O)c1ccc(F)cc1. The lowest BCUT2D eigenvalue weighted by atomic mass is 10.4. The summed E-state index contributed by atoms with van der Waals surface area (Å²) in [7, 11) is -5.91. The molecule has 0 fully saturated rings. The van der Waals surface area contributed by atoms with Crippen LogP contribution >= 0.6 is 0 Å². The second kappa shape index (κ2) is 4.03. The molecule has 0 unspecified atom stereocenters. The Balaban J connectivity index is 3.02. The van der Waals surface area contributed by atoms with Crippen molar-refractivity contribution in [2.75, 3.05) is 0 Å². The average Bonchev–Trinajstić information content (AvgIpc) is 2.00. The Hall–Kier alpha value is -0.723. The van der Waals surface area contributed by atoms with Crippen LogP contribution in [0.1, 0.15) is 0 Å². The molecule has 0 spiro atoms. The van der Waals surface area contributed by atoms with Crippen molar-refractivity contribution in [1.29, 1.82) is 0 Å². The van der Waals surface area contributed by atoms with Gasteiger partial charge in [0.2, 0.25) is 8.32 Å². The van der Waals surface area contributed by atoms with E-state index >= 15 is 0 Å². The first-order valence-electron chi connectivity index (χ1n) is 4.42. The first-order chi connectivity index (χ1) is 6.71. The number of halogens is 1. The highest BCUT2D eigenvalue weighted by Crippen LogP contribution is 2.17. The molecule has 0 aliphatic heterocycles. The van der Waals surface area contributed by atoms with Crippen molar-refractivity contribution in [3.05, 3.63) is 30.1 Å². The van der Waals surface area contributed by atoms with E-state index in [4.69, 9.17) is 3.87 Å². The summed E-state index contributed by atoms with van der Waals surface area (Å²) in [4.78, 5) is -0.00803. The molecule has 0 radical (unpaired) electrons. The van der Waals surface area contributed by atoms with E-state index in [1.807, 2.05) is 0 Å². The summed E-state index contributed by atoms with van der Waals surface area (Å²) in [6, 6.07) is 4.59. The van der Waals surface area contributed by atoms with Crippen LogP contribution in [0.25, 0.3) is 0 Å². The van der Waals surface area contributed by atoms with Gasteiger partial charge >= 0.3 is 0 Å². The fourth-order valence-electron chi connectivity index (χ4n) is 0.978. The normalized spacial score (nSPS) is 12.8. The molecule has 0 heterocycles. The summed E-state index contributed by atoms with van der Waals surface area (Å²) in [6.07, 6.45) is 0. The van der Waals surface area contributed by atoms with Crippen molar-refractivity contribution < 1.29 is 16.7 Å². The van der Waals surface area contributed by atoms with Crippen LogP contribution in [-0.4, -0.2) is 16.7 Å². The Morgan fingerprint density at radius 1 is 1.13 bits per heavy atom. The van der Waals surface area contributed by atoms with Crippen LogP contribution in [0, 0.1) is 5.82 Å². The number of benzene rings is 1. The lowest BCUT2D eigenvalue weighted by Crippen LogP contribution is -2.29. The summed E-state index contributed by atoms with van der Waals surface area (Å²) in [5.74, 6) is -0.470. The fraction of sp³-hybridized carbons (Fsp3) is 0.333. The molecule has 84 valence electrons.